The predicted octanol–water partition coefficient (Wildman–Crippen LogP) is -0.0454. The van der Waals surface area contributed by atoms with Gasteiger partial charge in [0.25, 0.3) is 0 Å². The van der Waals surface area contributed by atoms with Crippen molar-refractivity contribution in [1.29, 1.82) is 0 Å². The topological polar surface area (TPSA) is 67.8 Å². The molecule has 0 aromatic carbocycles. The summed E-state index contributed by atoms with van der Waals surface area (Å²) >= 11 is 0. The SMILES string of the molecule is O=C(O)C1COC(CC2CCCN2)O1. The molecule has 3 atom stereocenters. The van der Waals surface area contributed by atoms with Gasteiger partial charge in [-0.1, -0.05) is 0 Å². The zero-order chi connectivity index (χ0) is 9.97. The molecule has 2 aliphatic heterocycles. The van der Waals surface area contributed by atoms with Gasteiger partial charge >= 0.3 is 5.97 Å². The van der Waals surface area contributed by atoms with Crippen LogP contribution >= 0.6 is 0 Å². The van der Waals surface area contributed by atoms with Gasteiger partial charge in [0.15, 0.2) is 12.4 Å². The van der Waals surface area contributed by atoms with E-state index in [1.165, 1.54) is 6.42 Å². The van der Waals surface area contributed by atoms with E-state index < -0.39 is 12.1 Å². The monoisotopic (exact) mass is 201 g/mol. The first kappa shape index (κ1) is 9.89. The minimum absolute atomic E-state index is 0.173. The Morgan fingerprint density at radius 1 is 1.57 bits per heavy atom. The van der Waals surface area contributed by atoms with E-state index in [0.717, 1.165) is 19.4 Å². The van der Waals surface area contributed by atoms with Crippen molar-refractivity contribution >= 4 is 5.97 Å². The molecule has 0 radical (unpaired) electrons. The number of rotatable bonds is 3. The first-order valence-electron chi connectivity index (χ1n) is 4.99. The van der Waals surface area contributed by atoms with Crippen LogP contribution in [0, 0.1) is 0 Å². The van der Waals surface area contributed by atoms with E-state index in [1.54, 1.807) is 0 Å². The van der Waals surface area contributed by atoms with Crippen LogP contribution in [-0.2, 0) is 14.3 Å². The highest BCUT2D eigenvalue weighted by molar-refractivity contribution is 5.72. The van der Waals surface area contributed by atoms with E-state index in [-0.39, 0.29) is 12.9 Å². The summed E-state index contributed by atoms with van der Waals surface area (Å²) in [6, 6.07) is 0.424. The molecule has 3 unspecified atom stereocenters. The predicted molar refractivity (Wildman–Crippen MR) is 47.9 cm³/mol. The molecule has 2 heterocycles. The zero-order valence-electron chi connectivity index (χ0n) is 7.94. The van der Waals surface area contributed by atoms with Crippen LogP contribution in [0.2, 0.25) is 0 Å². The van der Waals surface area contributed by atoms with Crippen molar-refractivity contribution in [3.63, 3.8) is 0 Å². The summed E-state index contributed by atoms with van der Waals surface area (Å²) in [5, 5.41) is 12.0. The highest BCUT2D eigenvalue weighted by Crippen LogP contribution is 2.19. The molecule has 0 amide bonds. The Balaban J connectivity index is 1.75. The summed E-state index contributed by atoms with van der Waals surface area (Å²) < 4.78 is 10.5. The first-order valence-corrected chi connectivity index (χ1v) is 4.99. The lowest BCUT2D eigenvalue weighted by Crippen LogP contribution is -2.28. The normalized spacial score (nSPS) is 37.6. The fourth-order valence-corrected chi connectivity index (χ4v) is 1.90. The van der Waals surface area contributed by atoms with Gasteiger partial charge in [0.1, 0.15) is 0 Å². The van der Waals surface area contributed by atoms with Gasteiger partial charge in [-0.05, 0) is 19.4 Å². The summed E-state index contributed by atoms with van der Waals surface area (Å²) in [6.45, 7) is 1.21. The van der Waals surface area contributed by atoms with Crippen molar-refractivity contribution in [3.05, 3.63) is 0 Å². The maximum absolute atomic E-state index is 10.6. The summed E-state index contributed by atoms with van der Waals surface area (Å²) in [6.07, 6.45) is 1.94. The second-order valence-corrected chi connectivity index (χ2v) is 3.75. The van der Waals surface area contributed by atoms with Crippen LogP contribution in [0.15, 0.2) is 0 Å². The van der Waals surface area contributed by atoms with Gasteiger partial charge in [0.2, 0.25) is 0 Å². The van der Waals surface area contributed by atoms with E-state index in [4.69, 9.17) is 14.6 Å². The quantitative estimate of drug-likeness (QED) is 0.670. The molecule has 0 spiro atoms. The number of nitrogens with one attached hydrogen (secondary N) is 1. The Kier molecular flexibility index (Phi) is 3.00. The van der Waals surface area contributed by atoms with Gasteiger partial charge in [-0.25, -0.2) is 4.79 Å². The molecule has 5 heteroatoms. The average molecular weight is 201 g/mol. The lowest BCUT2D eigenvalue weighted by Gasteiger charge is -2.14. The molecule has 0 bridgehead atoms. The number of carbonyl (C=O) groups is 1. The fraction of sp³-hybridized carbons (Fsp3) is 0.889. The van der Waals surface area contributed by atoms with E-state index in [0.29, 0.717) is 6.04 Å². The van der Waals surface area contributed by atoms with Crippen LogP contribution in [-0.4, -0.2) is 42.7 Å². The van der Waals surface area contributed by atoms with Crippen LogP contribution in [0.25, 0.3) is 0 Å². The highest BCUT2D eigenvalue weighted by Gasteiger charge is 2.33. The fourth-order valence-electron chi connectivity index (χ4n) is 1.90. The molecule has 0 saturated carbocycles. The van der Waals surface area contributed by atoms with E-state index >= 15 is 0 Å². The Labute approximate surface area is 82.4 Å². The van der Waals surface area contributed by atoms with Crippen LogP contribution in [0.5, 0.6) is 0 Å². The molecule has 0 aromatic rings. The molecule has 2 saturated heterocycles. The van der Waals surface area contributed by atoms with Crippen LogP contribution in [0.3, 0.4) is 0 Å². The Morgan fingerprint density at radius 2 is 2.43 bits per heavy atom. The molecule has 2 fully saturated rings. The van der Waals surface area contributed by atoms with Gasteiger partial charge in [0.05, 0.1) is 6.61 Å². The second-order valence-electron chi connectivity index (χ2n) is 3.75. The summed E-state index contributed by atoms with van der Waals surface area (Å²) in [4.78, 5) is 10.6. The smallest absolute Gasteiger partial charge is 0.335 e. The number of ether oxygens (including phenoxy) is 2. The minimum atomic E-state index is -0.938. The van der Waals surface area contributed by atoms with Crippen molar-refractivity contribution in [2.45, 2.75) is 37.7 Å². The first-order chi connectivity index (χ1) is 6.75. The van der Waals surface area contributed by atoms with Crippen LogP contribution in [0.1, 0.15) is 19.3 Å². The molecule has 2 aliphatic rings. The van der Waals surface area contributed by atoms with Gasteiger partial charge in [0, 0.05) is 12.5 Å². The maximum Gasteiger partial charge on any atom is 0.335 e. The summed E-state index contributed by atoms with van der Waals surface area (Å²) in [5.74, 6) is -0.938. The third-order valence-corrected chi connectivity index (χ3v) is 2.66. The third kappa shape index (κ3) is 2.23. The zero-order valence-corrected chi connectivity index (χ0v) is 7.94. The van der Waals surface area contributed by atoms with Crippen LogP contribution < -0.4 is 5.32 Å². The summed E-state index contributed by atoms with van der Waals surface area (Å²) in [5.41, 5.74) is 0. The van der Waals surface area contributed by atoms with Gasteiger partial charge in [-0.3, -0.25) is 0 Å². The van der Waals surface area contributed by atoms with Crippen molar-refractivity contribution in [2.24, 2.45) is 0 Å². The standard InChI is InChI=1S/C9H15NO4/c11-9(12)7-5-13-8(14-7)4-6-2-1-3-10-6/h6-8,10H,1-5H2,(H,11,12). The Morgan fingerprint density at radius 3 is 3.00 bits per heavy atom. The second kappa shape index (κ2) is 4.25. The third-order valence-electron chi connectivity index (χ3n) is 2.66. The Bertz CT molecular complexity index is 215. The number of hydrogen-bond donors (Lipinski definition) is 2. The molecule has 2 rings (SSSR count). The number of carboxylic acid groups (broad SMARTS) is 1. The van der Waals surface area contributed by atoms with Gasteiger partial charge < -0.3 is 19.9 Å². The lowest BCUT2D eigenvalue weighted by molar-refractivity contribution is -0.150. The van der Waals surface area contributed by atoms with Crippen molar-refractivity contribution in [1.82, 2.24) is 5.32 Å². The van der Waals surface area contributed by atoms with E-state index in [2.05, 4.69) is 5.32 Å². The molecule has 14 heavy (non-hydrogen) atoms. The molecular formula is C9H15NO4. The number of carboxylic acids is 1. The van der Waals surface area contributed by atoms with E-state index in [9.17, 15) is 4.79 Å². The Hall–Kier alpha value is -0.650. The average Bonchev–Trinajstić information content (AvgIpc) is 2.75. The summed E-state index contributed by atoms with van der Waals surface area (Å²) in [7, 11) is 0. The molecule has 80 valence electrons. The van der Waals surface area contributed by atoms with Crippen molar-refractivity contribution in [3.8, 4) is 0 Å². The molecular weight excluding hydrogens is 186 g/mol. The molecule has 0 aromatic heterocycles. The maximum atomic E-state index is 10.6. The van der Waals surface area contributed by atoms with Gasteiger partial charge in [-0.15, -0.1) is 0 Å². The number of hydrogen-bond acceptors (Lipinski definition) is 4. The minimum Gasteiger partial charge on any atom is -0.479 e. The highest BCUT2D eigenvalue weighted by atomic mass is 16.7. The largest absolute Gasteiger partial charge is 0.479 e. The molecule has 5 nitrogen and oxygen atoms in total. The van der Waals surface area contributed by atoms with Crippen LogP contribution in [0.4, 0.5) is 0 Å². The van der Waals surface area contributed by atoms with Crippen molar-refractivity contribution in [2.75, 3.05) is 13.2 Å². The number of aliphatic carboxylic acids is 1. The van der Waals surface area contributed by atoms with Gasteiger partial charge in [-0.2, -0.15) is 0 Å². The van der Waals surface area contributed by atoms with Crippen molar-refractivity contribution < 1.29 is 19.4 Å². The lowest BCUT2D eigenvalue weighted by atomic mass is 10.1. The van der Waals surface area contributed by atoms with E-state index in [1.807, 2.05) is 0 Å². The molecule has 2 N–H and O–H groups in total. The molecule has 0 aliphatic carbocycles.